The topological polar surface area (TPSA) is 47.9 Å². The molecule has 0 radical (unpaired) electrons. The van der Waals surface area contributed by atoms with Crippen molar-refractivity contribution in [2.45, 2.75) is 18.9 Å². The van der Waals surface area contributed by atoms with Gasteiger partial charge in [-0.25, -0.2) is 0 Å². The van der Waals surface area contributed by atoms with E-state index in [2.05, 4.69) is 32.6 Å². The van der Waals surface area contributed by atoms with Crippen LogP contribution in [0.25, 0.3) is 0 Å². The molecule has 0 saturated carbocycles. The molecule has 1 aliphatic heterocycles. The van der Waals surface area contributed by atoms with Crippen LogP contribution < -0.4 is 10.6 Å². The molecule has 1 atom stereocenters. The predicted octanol–water partition coefficient (Wildman–Crippen LogP) is 2.48. The van der Waals surface area contributed by atoms with Gasteiger partial charge in [-0.15, -0.1) is 0 Å². The number of nitrogens with zero attached hydrogens (tertiary/aromatic N) is 1. The molecule has 1 aromatic rings. The molecule has 0 amide bonds. The molecule has 1 unspecified atom stereocenters. The van der Waals surface area contributed by atoms with E-state index < -0.39 is 0 Å². The van der Waals surface area contributed by atoms with Crippen LogP contribution in [0.2, 0.25) is 0 Å². The Balaban J connectivity index is 2.06. The van der Waals surface area contributed by atoms with Crippen molar-refractivity contribution >= 4 is 21.6 Å². The molecule has 2 rings (SSSR count). The maximum atomic E-state index is 8.77. The molecular formula is C12H14BrN3. The van der Waals surface area contributed by atoms with E-state index in [4.69, 9.17) is 5.26 Å². The smallest absolute Gasteiger partial charge is 0.0992 e. The van der Waals surface area contributed by atoms with Gasteiger partial charge in [-0.1, -0.05) is 0 Å². The van der Waals surface area contributed by atoms with Crippen molar-refractivity contribution in [2.24, 2.45) is 0 Å². The van der Waals surface area contributed by atoms with E-state index in [0.717, 1.165) is 23.2 Å². The Hall–Kier alpha value is -1.05. The standard InChI is InChI=1S/C12H14BrN3/c13-11-6-9(7-14)3-4-12(11)16-10-2-1-5-15-8-10/h3-4,6,10,15-16H,1-2,5,8H2. The van der Waals surface area contributed by atoms with Crippen molar-refractivity contribution in [3.8, 4) is 6.07 Å². The number of rotatable bonds is 2. The van der Waals surface area contributed by atoms with Crippen LogP contribution >= 0.6 is 15.9 Å². The van der Waals surface area contributed by atoms with Gasteiger partial charge in [0.25, 0.3) is 0 Å². The SMILES string of the molecule is N#Cc1ccc(NC2CCCNC2)c(Br)c1. The van der Waals surface area contributed by atoms with Crippen LogP contribution in [0.15, 0.2) is 22.7 Å². The first-order valence-electron chi connectivity index (χ1n) is 5.46. The van der Waals surface area contributed by atoms with Gasteiger partial charge >= 0.3 is 0 Å². The van der Waals surface area contributed by atoms with Gasteiger partial charge in [-0.3, -0.25) is 0 Å². The summed E-state index contributed by atoms with van der Waals surface area (Å²) in [5, 5.41) is 15.6. The molecule has 1 saturated heterocycles. The molecule has 1 heterocycles. The van der Waals surface area contributed by atoms with E-state index >= 15 is 0 Å². The maximum absolute atomic E-state index is 8.77. The van der Waals surface area contributed by atoms with Crippen LogP contribution in [0.5, 0.6) is 0 Å². The van der Waals surface area contributed by atoms with Crippen molar-refractivity contribution in [3.05, 3.63) is 28.2 Å². The molecule has 0 aromatic heterocycles. The summed E-state index contributed by atoms with van der Waals surface area (Å²) in [6, 6.07) is 8.25. The second kappa shape index (κ2) is 5.33. The fraction of sp³-hybridized carbons (Fsp3) is 0.417. The summed E-state index contributed by atoms with van der Waals surface area (Å²) in [5.41, 5.74) is 1.74. The molecule has 84 valence electrons. The molecule has 1 fully saturated rings. The average Bonchev–Trinajstić information content (AvgIpc) is 2.33. The maximum Gasteiger partial charge on any atom is 0.0992 e. The van der Waals surface area contributed by atoms with Crippen molar-refractivity contribution in [1.29, 1.82) is 5.26 Å². The Kier molecular flexibility index (Phi) is 3.81. The fourth-order valence-electron chi connectivity index (χ4n) is 1.90. The Morgan fingerprint density at radius 3 is 3.00 bits per heavy atom. The highest BCUT2D eigenvalue weighted by Gasteiger charge is 2.13. The van der Waals surface area contributed by atoms with E-state index in [1.165, 1.54) is 12.8 Å². The zero-order valence-electron chi connectivity index (χ0n) is 8.96. The first-order valence-corrected chi connectivity index (χ1v) is 6.26. The largest absolute Gasteiger partial charge is 0.380 e. The number of hydrogen-bond acceptors (Lipinski definition) is 3. The average molecular weight is 280 g/mol. The predicted molar refractivity (Wildman–Crippen MR) is 68.4 cm³/mol. The molecule has 0 bridgehead atoms. The van der Waals surface area contributed by atoms with Crippen LogP contribution in [0.1, 0.15) is 18.4 Å². The normalized spacial score (nSPS) is 20.1. The second-order valence-corrected chi connectivity index (χ2v) is 4.85. The van der Waals surface area contributed by atoms with Crippen molar-refractivity contribution in [2.75, 3.05) is 18.4 Å². The number of piperidine rings is 1. The summed E-state index contributed by atoms with van der Waals surface area (Å²) in [7, 11) is 0. The summed E-state index contributed by atoms with van der Waals surface area (Å²) < 4.78 is 0.956. The van der Waals surface area contributed by atoms with E-state index in [9.17, 15) is 0 Å². The molecule has 3 nitrogen and oxygen atoms in total. The fourth-order valence-corrected chi connectivity index (χ4v) is 2.39. The molecule has 1 aromatic carbocycles. The summed E-state index contributed by atoms with van der Waals surface area (Å²) in [4.78, 5) is 0. The minimum absolute atomic E-state index is 0.484. The van der Waals surface area contributed by atoms with E-state index in [1.54, 1.807) is 0 Å². The highest BCUT2D eigenvalue weighted by atomic mass is 79.9. The number of anilines is 1. The van der Waals surface area contributed by atoms with Gasteiger partial charge < -0.3 is 10.6 Å². The van der Waals surface area contributed by atoms with Gasteiger partial charge in [-0.2, -0.15) is 5.26 Å². The van der Waals surface area contributed by atoms with Gasteiger partial charge in [0.05, 0.1) is 11.6 Å². The van der Waals surface area contributed by atoms with Gasteiger partial charge in [0.2, 0.25) is 0 Å². The van der Waals surface area contributed by atoms with Crippen LogP contribution in [0.4, 0.5) is 5.69 Å². The first-order chi connectivity index (χ1) is 7.79. The highest BCUT2D eigenvalue weighted by molar-refractivity contribution is 9.10. The zero-order chi connectivity index (χ0) is 11.4. The summed E-state index contributed by atoms with van der Waals surface area (Å²) in [6.07, 6.45) is 2.41. The second-order valence-electron chi connectivity index (χ2n) is 3.99. The molecule has 4 heteroatoms. The van der Waals surface area contributed by atoms with Gasteiger partial charge in [-0.05, 0) is 53.5 Å². The quantitative estimate of drug-likeness (QED) is 0.875. The molecular weight excluding hydrogens is 266 g/mol. The third-order valence-electron chi connectivity index (χ3n) is 2.75. The first kappa shape index (κ1) is 11.4. The van der Waals surface area contributed by atoms with Crippen LogP contribution in [0.3, 0.4) is 0 Å². The van der Waals surface area contributed by atoms with Crippen LogP contribution in [-0.2, 0) is 0 Å². The van der Waals surface area contributed by atoms with Crippen molar-refractivity contribution in [3.63, 3.8) is 0 Å². The number of nitriles is 1. The molecule has 0 spiro atoms. The third-order valence-corrected chi connectivity index (χ3v) is 3.41. The van der Waals surface area contributed by atoms with Gasteiger partial charge in [0, 0.05) is 22.7 Å². The lowest BCUT2D eigenvalue weighted by molar-refractivity contribution is 0.480. The number of hydrogen-bond donors (Lipinski definition) is 2. The van der Waals surface area contributed by atoms with E-state index in [-0.39, 0.29) is 0 Å². The van der Waals surface area contributed by atoms with Crippen LogP contribution in [-0.4, -0.2) is 19.1 Å². The lowest BCUT2D eigenvalue weighted by Crippen LogP contribution is -2.38. The number of benzene rings is 1. The molecule has 0 aliphatic carbocycles. The third kappa shape index (κ3) is 2.75. The zero-order valence-corrected chi connectivity index (χ0v) is 10.5. The van der Waals surface area contributed by atoms with E-state index in [0.29, 0.717) is 11.6 Å². The molecule has 16 heavy (non-hydrogen) atoms. The van der Waals surface area contributed by atoms with Gasteiger partial charge in [0.15, 0.2) is 0 Å². The number of nitrogens with one attached hydrogen (secondary N) is 2. The highest BCUT2D eigenvalue weighted by Crippen LogP contribution is 2.24. The minimum Gasteiger partial charge on any atom is -0.380 e. The van der Waals surface area contributed by atoms with Crippen LogP contribution in [0, 0.1) is 11.3 Å². The molecule has 1 aliphatic rings. The Morgan fingerprint density at radius 2 is 2.38 bits per heavy atom. The lowest BCUT2D eigenvalue weighted by Gasteiger charge is -2.25. The van der Waals surface area contributed by atoms with Crippen molar-refractivity contribution < 1.29 is 0 Å². The summed E-state index contributed by atoms with van der Waals surface area (Å²) in [6.45, 7) is 2.12. The summed E-state index contributed by atoms with van der Waals surface area (Å²) >= 11 is 3.48. The monoisotopic (exact) mass is 279 g/mol. The number of halogens is 1. The Morgan fingerprint density at radius 1 is 1.50 bits per heavy atom. The Bertz CT molecular complexity index is 405. The van der Waals surface area contributed by atoms with Gasteiger partial charge in [0.1, 0.15) is 0 Å². The summed E-state index contributed by atoms with van der Waals surface area (Å²) in [5.74, 6) is 0. The van der Waals surface area contributed by atoms with E-state index in [1.807, 2.05) is 18.2 Å². The Labute approximate surface area is 104 Å². The minimum atomic E-state index is 0.484. The lowest BCUT2D eigenvalue weighted by atomic mass is 10.1. The van der Waals surface area contributed by atoms with Crippen molar-refractivity contribution in [1.82, 2.24) is 5.32 Å². The molecule has 2 N–H and O–H groups in total.